The van der Waals surface area contributed by atoms with Crippen LogP contribution in [0.15, 0.2) is 47.4 Å². The molecule has 3 N–H and O–H groups in total. The van der Waals surface area contributed by atoms with E-state index in [4.69, 9.17) is 4.74 Å². The van der Waals surface area contributed by atoms with Crippen LogP contribution in [-0.4, -0.2) is 39.6 Å². The van der Waals surface area contributed by atoms with Gasteiger partial charge in [0.25, 0.3) is 15.9 Å². The first-order valence-electron chi connectivity index (χ1n) is 10.9. The van der Waals surface area contributed by atoms with E-state index in [0.29, 0.717) is 23.5 Å². The molecule has 2 aromatic carbocycles. The summed E-state index contributed by atoms with van der Waals surface area (Å²) in [5, 5.41) is 5.56. The molecule has 0 aliphatic heterocycles. The van der Waals surface area contributed by atoms with Gasteiger partial charge in [-0.2, -0.15) is 0 Å². The molecule has 33 heavy (non-hydrogen) atoms. The Morgan fingerprint density at radius 1 is 1.06 bits per heavy atom. The molecule has 0 radical (unpaired) electrons. The lowest BCUT2D eigenvalue weighted by Gasteiger charge is -2.21. The maximum atomic E-state index is 12.9. The second-order valence-electron chi connectivity index (χ2n) is 8.36. The summed E-state index contributed by atoms with van der Waals surface area (Å²) in [6.07, 6.45) is 0.134. The lowest BCUT2D eigenvalue weighted by molar-refractivity contribution is 0.0944. The van der Waals surface area contributed by atoms with Crippen LogP contribution in [0.2, 0.25) is 0 Å². The summed E-state index contributed by atoms with van der Waals surface area (Å²) in [5.41, 5.74) is 2.05. The maximum Gasteiger partial charge on any atom is 0.407 e. The summed E-state index contributed by atoms with van der Waals surface area (Å²) >= 11 is 0. The molecule has 0 spiro atoms. The van der Waals surface area contributed by atoms with Crippen molar-refractivity contribution in [1.82, 2.24) is 10.6 Å². The summed E-state index contributed by atoms with van der Waals surface area (Å²) in [7, 11) is -3.81. The third-order valence-corrected chi connectivity index (χ3v) is 6.40. The van der Waals surface area contributed by atoms with Gasteiger partial charge in [0.1, 0.15) is 0 Å². The van der Waals surface area contributed by atoms with Gasteiger partial charge >= 0.3 is 6.09 Å². The first-order chi connectivity index (χ1) is 15.5. The van der Waals surface area contributed by atoms with Crippen LogP contribution in [0, 0.1) is 19.8 Å². The van der Waals surface area contributed by atoms with Gasteiger partial charge in [0.2, 0.25) is 0 Å². The standard InChI is InChI=1S/C24H33N3O5S/c1-6-32-24(29)26-21(12-16(2)3)15-25-23(28)19-8-7-9-20(14-19)27-33(30,31)22-13-17(4)10-11-18(22)5/h7-11,13-14,16,21,27H,6,12,15H2,1-5H3,(H,25,28)(H,26,29). The largest absolute Gasteiger partial charge is 0.450 e. The van der Waals surface area contributed by atoms with Crippen LogP contribution in [0.4, 0.5) is 10.5 Å². The van der Waals surface area contributed by atoms with Crippen LogP contribution in [0.5, 0.6) is 0 Å². The van der Waals surface area contributed by atoms with Gasteiger partial charge in [-0.05, 0) is 68.5 Å². The molecule has 1 atom stereocenters. The highest BCUT2D eigenvalue weighted by atomic mass is 32.2. The number of hydrogen-bond acceptors (Lipinski definition) is 5. The first kappa shape index (κ1) is 26.2. The van der Waals surface area contributed by atoms with Crippen LogP contribution in [0.25, 0.3) is 0 Å². The highest BCUT2D eigenvalue weighted by molar-refractivity contribution is 7.92. The quantitative estimate of drug-likeness (QED) is 0.481. The van der Waals surface area contributed by atoms with Crippen molar-refractivity contribution in [3.8, 4) is 0 Å². The molecule has 0 saturated carbocycles. The molecule has 1 unspecified atom stereocenters. The van der Waals surface area contributed by atoms with Gasteiger partial charge in [-0.3, -0.25) is 9.52 Å². The van der Waals surface area contributed by atoms with E-state index >= 15 is 0 Å². The Labute approximate surface area is 196 Å². The van der Waals surface area contributed by atoms with E-state index in [9.17, 15) is 18.0 Å². The van der Waals surface area contributed by atoms with Gasteiger partial charge < -0.3 is 15.4 Å². The molecule has 2 aromatic rings. The summed E-state index contributed by atoms with van der Waals surface area (Å²) in [5.74, 6) is -0.0705. The Morgan fingerprint density at radius 2 is 1.79 bits per heavy atom. The average molecular weight is 476 g/mol. The molecule has 2 rings (SSSR count). The molecule has 0 aliphatic carbocycles. The SMILES string of the molecule is CCOC(=O)NC(CNC(=O)c1cccc(NS(=O)(=O)c2cc(C)ccc2C)c1)CC(C)C. The van der Waals surface area contributed by atoms with E-state index in [-0.39, 0.29) is 35.7 Å². The molecular weight excluding hydrogens is 442 g/mol. The number of aryl methyl sites for hydroxylation is 2. The van der Waals surface area contributed by atoms with Crippen LogP contribution in [-0.2, 0) is 14.8 Å². The lowest BCUT2D eigenvalue weighted by atomic mass is 10.0. The molecule has 0 aromatic heterocycles. The van der Waals surface area contributed by atoms with E-state index in [1.54, 1.807) is 44.2 Å². The van der Waals surface area contributed by atoms with Crippen molar-refractivity contribution in [2.75, 3.05) is 17.9 Å². The van der Waals surface area contributed by atoms with Gasteiger partial charge in [0.15, 0.2) is 0 Å². The Balaban J connectivity index is 2.10. The number of carbonyl (C=O) groups excluding carboxylic acids is 2. The van der Waals surface area contributed by atoms with Crippen LogP contribution >= 0.6 is 0 Å². The minimum atomic E-state index is -3.81. The zero-order valence-electron chi connectivity index (χ0n) is 19.8. The Bertz CT molecular complexity index is 1080. The van der Waals surface area contributed by atoms with Crippen LogP contribution in [0.3, 0.4) is 0 Å². The minimum Gasteiger partial charge on any atom is -0.450 e. The fraction of sp³-hybridized carbons (Fsp3) is 0.417. The van der Waals surface area contributed by atoms with Crippen molar-refractivity contribution in [2.45, 2.75) is 52.0 Å². The fourth-order valence-corrected chi connectivity index (χ4v) is 4.73. The summed E-state index contributed by atoms with van der Waals surface area (Å²) in [6.45, 7) is 9.80. The highest BCUT2D eigenvalue weighted by Gasteiger charge is 2.19. The monoisotopic (exact) mass is 475 g/mol. The minimum absolute atomic E-state index is 0.193. The van der Waals surface area contributed by atoms with E-state index < -0.39 is 16.1 Å². The maximum absolute atomic E-state index is 12.9. The number of nitrogens with one attached hydrogen (secondary N) is 3. The summed E-state index contributed by atoms with van der Waals surface area (Å²) in [4.78, 5) is 24.7. The van der Waals surface area contributed by atoms with Crippen molar-refractivity contribution in [3.05, 3.63) is 59.2 Å². The zero-order valence-corrected chi connectivity index (χ0v) is 20.6. The van der Waals surface area contributed by atoms with Gasteiger partial charge in [-0.1, -0.05) is 32.0 Å². The van der Waals surface area contributed by atoms with E-state index in [1.807, 2.05) is 26.8 Å². The van der Waals surface area contributed by atoms with Gasteiger partial charge in [-0.25, -0.2) is 13.2 Å². The summed E-state index contributed by atoms with van der Waals surface area (Å²) < 4.78 is 33.2. The topological polar surface area (TPSA) is 114 Å². The molecule has 0 saturated heterocycles. The number of anilines is 1. The van der Waals surface area contributed by atoms with Crippen molar-refractivity contribution >= 4 is 27.7 Å². The van der Waals surface area contributed by atoms with Crippen molar-refractivity contribution in [3.63, 3.8) is 0 Å². The Hall–Kier alpha value is -3.07. The number of sulfonamides is 1. The summed E-state index contributed by atoms with van der Waals surface area (Å²) in [6, 6.07) is 11.2. The number of carbonyl (C=O) groups is 2. The number of hydrogen-bond donors (Lipinski definition) is 3. The predicted octanol–water partition coefficient (Wildman–Crippen LogP) is 3.99. The van der Waals surface area contributed by atoms with Crippen LogP contribution < -0.4 is 15.4 Å². The number of alkyl carbamates (subject to hydrolysis) is 1. The van der Waals surface area contributed by atoms with Gasteiger partial charge in [0, 0.05) is 23.8 Å². The average Bonchev–Trinajstić information content (AvgIpc) is 2.73. The predicted molar refractivity (Wildman–Crippen MR) is 129 cm³/mol. The molecule has 180 valence electrons. The normalized spacial score (nSPS) is 12.2. The second-order valence-corrected chi connectivity index (χ2v) is 10.0. The van der Waals surface area contributed by atoms with Crippen molar-refractivity contribution in [1.29, 1.82) is 0 Å². The number of ether oxygens (including phenoxy) is 1. The third kappa shape index (κ3) is 8.09. The highest BCUT2D eigenvalue weighted by Crippen LogP contribution is 2.21. The molecule has 8 nitrogen and oxygen atoms in total. The van der Waals surface area contributed by atoms with Crippen LogP contribution in [0.1, 0.15) is 48.7 Å². The lowest BCUT2D eigenvalue weighted by Crippen LogP contribution is -2.44. The van der Waals surface area contributed by atoms with E-state index in [0.717, 1.165) is 5.56 Å². The molecule has 0 aliphatic rings. The molecule has 9 heteroatoms. The van der Waals surface area contributed by atoms with Gasteiger partial charge in [0.05, 0.1) is 11.5 Å². The van der Waals surface area contributed by atoms with E-state index in [2.05, 4.69) is 15.4 Å². The number of rotatable bonds is 10. The first-order valence-corrected chi connectivity index (χ1v) is 12.4. The molecule has 0 fully saturated rings. The molecule has 0 bridgehead atoms. The fourth-order valence-electron chi connectivity index (χ4n) is 3.35. The van der Waals surface area contributed by atoms with Crippen molar-refractivity contribution in [2.24, 2.45) is 5.92 Å². The molecular formula is C24H33N3O5S. The Morgan fingerprint density at radius 3 is 2.45 bits per heavy atom. The zero-order chi connectivity index (χ0) is 24.6. The Kier molecular flexibility index (Phi) is 9.28. The molecule has 2 amide bonds. The van der Waals surface area contributed by atoms with Gasteiger partial charge in [-0.15, -0.1) is 0 Å². The van der Waals surface area contributed by atoms with Crippen molar-refractivity contribution < 1.29 is 22.7 Å². The third-order valence-electron chi connectivity index (χ3n) is 4.87. The number of amides is 2. The number of benzene rings is 2. The smallest absolute Gasteiger partial charge is 0.407 e. The van der Waals surface area contributed by atoms with E-state index in [1.165, 1.54) is 6.07 Å². The molecule has 0 heterocycles. The second kappa shape index (κ2) is 11.7.